The van der Waals surface area contributed by atoms with Crippen LogP contribution in [0.1, 0.15) is 19.8 Å². The number of sulfonamides is 1. The molecule has 0 aliphatic carbocycles. The highest BCUT2D eigenvalue weighted by Crippen LogP contribution is 2.21. The second-order valence-corrected chi connectivity index (χ2v) is 6.10. The van der Waals surface area contributed by atoms with Crippen LogP contribution >= 0.6 is 23.2 Å². The van der Waals surface area contributed by atoms with Crippen molar-refractivity contribution < 1.29 is 8.42 Å². The Labute approximate surface area is 112 Å². The molecule has 0 aliphatic heterocycles. The highest BCUT2D eigenvalue weighted by atomic mass is 35.5. The summed E-state index contributed by atoms with van der Waals surface area (Å²) in [5.41, 5.74) is 0. The van der Waals surface area contributed by atoms with E-state index in [1.54, 1.807) is 18.2 Å². The first-order chi connectivity index (χ1) is 8.01. The van der Waals surface area contributed by atoms with Gasteiger partial charge < -0.3 is 0 Å². The number of alkyl halides is 1. The summed E-state index contributed by atoms with van der Waals surface area (Å²) in [6.07, 6.45) is 1.29. The summed E-state index contributed by atoms with van der Waals surface area (Å²) >= 11 is 11.5. The fourth-order valence-electron chi connectivity index (χ4n) is 1.42. The van der Waals surface area contributed by atoms with Crippen molar-refractivity contribution in [1.82, 2.24) is 4.72 Å². The molecule has 0 aliphatic rings. The van der Waals surface area contributed by atoms with Crippen LogP contribution in [-0.2, 0) is 10.0 Å². The lowest BCUT2D eigenvalue weighted by Gasteiger charge is -2.16. The quantitative estimate of drug-likeness (QED) is 0.820. The van der Waals surface area contributed by atoms with Gasteiger partial charge in [-0.3, -0.25) is 0 Å². The van der Waals surface area contributed by atoms with Crippen molar-refractivity contribution in [1.29, 1.82) is 0 Å². The van der Waals surface area contributed by atoms with Crippen molar-refractivity contribution in [2.24, 2.45) is 0 Å². The van der Waals surface area contributed by atoms with Gasteiger partial charge in [0.1, 0.15) is 4.90 Å². The molecular formula is C11H15Cl2NO2S. The van der Waals surface area contributed by atoms with Crippen LogP contribution in [-0.4, -0.2) is 20.3 Å². The number of hydrogen-bond donors (Lipinski definition) is 1. The monoisotopic (exact) mass is 295 g/mol. The number of rotatable bonds is 6. The number of hydrogen-bond acceptors (Lipinski definition) is 2. The second kappa shape index (κ2) is 6.59. The van der Waals surface area contributed by atoms with Gasteiger partial charge in [-0.2, -0.15) is 0 Å². The molecule has 1 unspecified atom stereocenters. The maximum atomic E-state index is 12.1. The zero-order valence-electron chi connectivity index (χ0n) is 9.49. The molecule has 17 heavy (non-hydrogen) atoms. The highest BCUT2D eigenvalue weighted by molar-refractivity contribution is 7.89. The molecule has 0 heterocycles. The Kier molecular flexibility index (Phi) is 5.73. The predicted molar refractivity (Wildman–Crippen MR) is 71.2 cm³/mol. The fourth-order valence-corrected chi connectivity index (χ4v) is 3.56. The first kappa shape index (κ1) is 14.8. The summed E-state index contributed by atoms with van der Waals surface area (Å²) in [6.45, 7) is 1.91. The van der Waals surface area contributed by atoms with Crippen LogP contribution in [0.4, 0.5) is 0 Å². The summed E-state index contributed by atoms with van der Waals surface area (Å²) in [5.74, 6) is 0.420. The number of nitrogens with one attached hydrogen (secondary N) is 1. The Balaban J connectivity index is 2.92. The molecule has 3 nitrogen and oxygen atoms in total. The molecular weight excluding hydrogens is 281 g/mol. The van der Waals surface area contributed by atoms with E-state index in [2.05, 4.69) is 4.72 Å². The second-order valence-electron chi connectivity index (χ2n) is 3.63. The van der Waals surface area contributed by atoms with Gasteiger partial charge in [0.05, 0.1) is 5.02 Å². The largest absolute Gasteiger partial charge is 0.242 e. The lowest BCUT2D eigenvalue weighted by Crippen LogP contribution is -2.34. The normalized spacial score (nSPS) is 13.6. The molecule has 1 rings (SSSR count). The molecule has 0 saturated carbocycles. The summed E-state index contributed by atoms with van der Waals surface area (Å²) in [4.78, 5) is 0.106. The summed E-state index contributed by atoms with van der Waals surface area (Å²) in [6, 6.07) is 6.21. The topological polar surface area (TPSA) is 46.2 Å². The summed E-state index contributed by atoms with van der Waals surface area (Å²) < 4.78 is 26.7. The molecule has 1 aromatic rings. The SMILES string of the molecule is CCC(CCCl)NS(=O)(=O)c1ccccc1Cl. The van der Waals surface area contributed by atoms with Crippen LogP contribution < -0.4 is 4.72 Å². The Morgan fingerprint density at radius 1 is 1.35 bits per heavy atom. The van der Waals surface area contributed by atoms with Crippen LogP contribution in [0.3, 0.4) is 0 Å². The maximum Gasteiger partial charge on any atom is 0.242 e. The van der Waals surface area contributed by atoms with E-state index in [0.29, 0.717) is 18.7 Å². The smallest absolute Gasteiger partial charge is 0.208 e. The lowest BCUT2D eigenvalue weighted by atomic mass is 10.2. The van der Waals surface area contributed by atoms with Crippen LogP contribution in [0.5, 0.6) is 0 Å². The molecule has 0 aromatic heterocycles. The van der Waals surface area contributed by atoms with Crippen molar-refractivity contribution in [2.45, 2.75) is 30.7 Å². The van der Waals surface area contributed by atoms with E-state index >= 15 is 0 Å². The van der Waals surface area contributed by atoms with Gasteiger partial charge in [-0.15, -0.1) is 11.6 Å². The van der Waals surface area contributed by atoms with Crippen molar-refractivity contribution in [3.63, 3.8) is 0 Å². The molecule has 0 radical (unpaired) electrons. The fraction of sp³-hybridized carbons (Fsp3) is 0.455. The molecule has 1 N–H and O–H groups in total. The van der Waals surface area contributed by atoms with Gasteiger partial charge in [0.25, 0.3) is 0 Å². The van der Waals surface area contributed by atoms with Gasteiger partial charge >= 0.3 is 0 Å². The van der Waals surface area contributed by atoms with Gasteiger partial charge in [0.2, 0.25) is 10.0 Å². The first-order valence-electron chi connectivity index (χ1n) is 5.34. The van der Waals surface area contributed by atoms with Gasteiger partial charge in [0.15, 0.2) is 0 Å². The van der Waals surface area contributed by atoms with Crippen molar-refractivity contribution in [2.75, 3.05) is 5.88 Å². The molecule has 0 fully saturated rings. The van der Waals surface area contributed by atoms with Gasteiger partial charge in [-0.25, -0.2) is 13.1 Å². The molecule has 0 spiro atoms. The van der Waals surface area contributed by atoms with Gasteiger partial charge in [-0.05, 0) is 25.0 Å². The minimum Gasteiger partial charge on any atom is -0.208 e. The van der Waals surface area contributed by atoms with Crippen LogP contribution in [0, 0.1) is 0 Å². The van der Waals surface area contributed by atoms with Crippen LogP contribution in [0.25, 0.3) is 0 Å². The third-order valence-electron chi connectivity index (χ3n) is 2.40. The Bertz CT molecular complexity index is 462. The minimum atomic E-state index is -3.57. The Morgan fingerprint density at radius 2 is 2.00 bits per heavy atom. The number of benzene rings is 1. The van der Waals surface area contributed by atoms with E-state index in [1.807, 2.05) is 6.92 Å². The third kappa shape index (κ3) is 4.14. The standard InChI is InChI=1S/C11H15Cl2NO2S/c1-2-9(7-8-12)14-17(15,16)11-6-4-3-5-10(11)13/h3-6,9,14H,2,7-8H2,1H3. The van der Waals surface area contributed by atoms with Gasteiger partial charge in [-0.1, -0.05) is 30.7 Å². The van der Waals surface area contributed by atoms with Crippen molar-refractivity contribution in [3.8, 4) is 0 Å². The summed E-state index contributed by atoms with van der Waals surface area (Å²) in [7, 11) is -3.57. The lowest BCUT2D eigenvalue weighted by molar-refractivity contribution is 0.531. The van der Waals surface area contributed by atoms with Crippen molar-refractivity contribution >= 4 is 33.2 Å². The summed E-state index contributed by atoms with van der Waals surface area (Å²) in [5, 5.41) is 0.223. The first-order valence-corrected chi connectivity index (χ1v) is 7.73. The predicted octanol–water partition coefficient (Wildman–Crippen LogP) is 3.03. The van der Waals surface area contributed by atoms with E-state index in [0.717, 1.165) is 0 Å². The van der Waals surface area contributed by atoms with Crippen molar-refractivity contribution in [3.05, 3.63) is 29.3 Å². The molecule has 1 aromatic carbocycles. The highest BCUT2D eigenvalue weighted by Gasteiger charge is 2.20. The van der Waals surface area contributed by atoms with E-state index in [-0.39, 0.29) is 16.0 Å². The average Bonchev–Trinajstić information content (AvgIpc) is 2.28. The average molecular weight is 296 g/mol. The zero-order valence-corrected chi connectivity index (χ0v) is 11.8. The van der Waals surface area contributed by atoms with Crippen LogP contribution in [0.2, 0.25) is 5.02 Å². The number of halogens is 2. The Morgan fingerprint density at radius 3 is 2.53 bits per heavy atom. The molecule has 6 heteroatoms. The molecule has 0 saturated heterocycles. The van der Waals surface area contributed by atoms with Crippen LogP contribution in [0.15, 0.2) is 29.2 Å². The van der Waals surface area contributed by atoms with E-state index in [9.17, 15) is 8.42 Å². The molecule has 1 atom stereocenters. The van der Waals surface area contributed by atoms with E-state index < -0.39 is 10.0 Å². The molecule has 0 amide bonds. The maximum absolute atomic E-state index is 12.1. The minimum absolute atomic E-state index is 0.106. The molecule has 96 valence electrons. The zero-order chi connectivity index (χ0) is 12.9. The molecule has 0 bridgehead atoms. The van der Waals surface area contributed by atoms with E-state index in [4.69, 9.17) is 23.2 Å². The van der Waals surface area contributed by atoms with E-state index in [1.165, 1.54) is 6.07 Å². The van der Waals surface area contributed by atoms with Gasteiger partial charge in [0, 0.05) is 11.9 Å². The Hall–Kier alpha value is -0.290. The third-order valence-corrected chi connectivity index (χ3v) is 4.64.